The fourth-order valence-electron chi connectivity index (χ4n) is 9.26. The van der Waals surface area contributed by atoms with Crippen LogP contribution in [0.5, 0.6) is 0 Å². The van der Waals surface area contributed by atoms with Crippen molar-refractivity contribution in [2.75, 3.05) is 71.1 Å². The molecule has 0 spiro atoms. The molecule has 0 unspecified atom stereocenters. The summed E-state index contributed by atoms with van der Waals surface area (Å²) < 4.78 is 85.9. The van der Waals surface area contributed by atoms with Crippen LogP contribution >= 0.6 is 0 Å². The standard InChI is InChI=1S/C66H84B2N10O22/c1-12-90-57(81)58(95-61(84)93-41-47-19-17-45(55(79)69-35-51-37-77(75-73-51)25-27-88-31-29-86-10)33-53(47)71-59(82)91-39-43-13-21-49(22-14-43)67-97-63(2,3)64(4,5)98-67)96-62(85)94-42-48-20-18-46(56(80)70-36-52-38-78(76-74-52)26-28-89-32-30-87-11)34-54(48)72-60(83)92-40-44-15-23-50(24-16-44)68-99-65(6,7)66(8,9)100-68/h13-24,33-34,37-38,58H,12,25-32,35-36,39-42H2,1-11H3,(H,69,79)(H,70,80)(H,71,82)(H,72,83). The molecule has 4 amide bonds. The third-order valence-electron chi connectivity index (χ3n) is 16.4. The number of rotatable bonds is 34. The highest BCUT2D eigenvalue weighted by Crippen LogP contribution is 2.38. The second-order valence-electron chi connectivity index (χ2n) is 24.7. The van der Waals surface area contributed by atoms with Crippen LogP contribution in [-0.2, 0) is 128 Å². The maximum absolute atomic E-state index is 13.6. The van der Waals surface area contributed by atoms with Gasteiger partial charge in [-0.1, -0.05) is 71.1 Å². The van der Waals surface area contributed by atoms with Gasteiger partial charge in [0.2, 0.25) is 0 Å². The molecule has 4 heterocycles. The Bertz CT molecular complexity index is 3490. The molecule has 0 radical (unpaired) electrons. The molecule has 2 fully saturated rings. The lowest BCUT2D eigenvalue weighted by Gasteiger charge is -2.32. The van der Waals surface area contributed by atoms with Crippen molar-refractivity contribution in [3.63, 3.8) is 0 Å². The molecule has 536 valence electrons. The predicted octanol–water partition coefficient (Wildman–Crippen LogP) is 6.05. The molecule has 0 saturated carbocycles. The van der Waals surface area contributed by atoms with Gasteiger partial charge in [-0.25, -0.2) is 33.3 Å². The van der Waals surface area contributed by atoms with Crippen LogP contribution in [0.25, 0.3) is 0 Å². The molecule has 34 heteroatoms. The molecule has 2 aromatic heterocycles. The molecule has 4 N–H and O–H groups in total. The van der Waals surface area contributed by atoms with Crippen molar-refractivity contribution in [3.8, 4) is 0 Å². The highest BCUT2D eigenvalue weighted by Gasteiger charge is 2.53. The first-order chi connectivity index (χ1) is 47.7. The summed E-state index contributed by atoms with van der Waals surface area (Å²) in [5.41, 5.74) is 1.63. The van der Waals surface area contributed by atoms with Gasteiger partial charge in [-0.2, -0.15) is 0 Å². The average Bonchev–Trinajstić information content (AvgIpc) is 1.62. The number of hydrogen-bond acceptors (Lipinski definition) is 26. The third kappa shape index (κ3) is 22.0. The molecule has 6 aromatic rings. The Kier molecular flexibility index (Phi) is 27.0. The monoisotopic (exact) mass is 1390 g/mol. The van der Waals surface area contributed by atoms with Crippen LogP contribution in [0, 0.1) is 0 Å². The van der Waals surface area contributed by atoms with E-state index in [9.17, 15) is 33.6 Å². The SMILES string of the molecule is CCOC(=O)C(OC(=O)OCc1ccc(C(=O)NCc2cn(CCOCCOC)nn2)cc1NC(=O)OCc1ccc(B2OC(C)(C)C(C)(C)O2)cc1)OC(=O)OCc1ccc(C(=O)NCc2cn(CCOCCOC)nn2)cc1NC(=O)OCc1ccc(B2OC(C)(C)C(C)(C)O2)cc1. The summed E-state index contributed by atoms with van der Waals surface area (Å²) in [7, 11) is 1.92. The zero-order chi connectivity index (χ0) is 72.0. The second kappa shape index (κ2) is 35.5. The maximum atomic E-state index is 13.6. The van der Waals surface area contributed by atoms with Crippen LogP contribution in [0.4, 0.5) is 30.6 Å². The number of aromatic nitrogens is 6. The molecule has 2 aliphatic rings. The Labute approximate surface area is 578 Å². The molecule has 4 aromatic carbocycles. The van der Waals surface area contributed by atoms with E-state index in [1.165, 1.54) is 43.3 Å². The van der Waals surface area contributed by atoms with Crippen molar-refractivity contribution in [1.29, 1.82) is 0 Å². The lowest BCUT2D eigenvalue weighted by atomic mass is 9.79. The molecule has 2 saturated heterocycles. The number of ether oxygens (including phenoxy) is 11. The normalized spacial score (nSPS) is 14.8. The van der Waals surface area contributed by atoms with E-state index in [0.717, 1.165) is 10.9 Å². The highest BCUT2D eigenvalue weighted by atomic mass is 16.8. The van der Waals surface area contributed by atoms with Gasteiger partial charge >= 0.3 is 51.0 Å². The number of methoxy groups -OCH3 is 2. The van der Waals surface area contributed by atoms with Crippen LogP contribution < -0.4 is 32.2 Å². The minimum Gasteiger partial charge on any atom is -0.460 e. The molecule has 8 rings (SSSR count). The van der Waals surface area contributed by atoms with Gasteiger partial charge in [-0.05, 0) is 109 Å². The summed E-state index contributed by atoms with van der Waals surface area (Å²) in [4.78, 5) is 94.2. The average molecular weight is 1390 g/mol. The third-order valence-corrected chi connectivity index (χ3v) is 16.4. The first-order valence-corrected chi connectivity index (χ1v) is 32.1. The van der Waals surface area contributed by atoms with Crippen LogP contribution in [0.1, 0.15) is 117 Å². The van der Waals surface area contributed by atoms with E-state index in [1.807, 2.05) is 55.4 Å². The maximum Gasteiger partial charge on any atom is 0.512 e. The zero-order valence-corrected chi connectivity index (χ0v) is 57.7. The lowest BCUT2D eigenvalue weighted by Crippen LogP contribution is -2.41. The van der Waals surface area contributed by atoms with Gasteiger partial charge in [-0.15, -0.1) is 10.2 Å². The van der Waals surface area contributed by atoms with Crippen molar-refractivity contribution in [1.82, 2.24) is 40.6 Å². The minimum absolute atomic E-state index is 0.0243. The van der Waals surface area contributed by atoms with Crippen LogP contribution in [0.3, 0.4) is 0 Å². The smallest absolute Gasteiger partial charge is 0.460 e. The number of nitrogens with zero attached hydrogens (tertiary/aromatic N) is 6. The van der Waals surface area contributed by atoms with Gasteiger partial charge < -0.3 is 81.4 Å². The quantitative estimate of drug-likeness (QED) is 0.0117. The van der Waals surface area contributed by atoms with E-state index >= 15 is 0 Å². The molecule has 32 nitrogen and oxygen atoms in total. The Morgan fingerprint density at radius 3 is 1.25 bits per heavy atom. The van der Waals surface area contributed by atoms with Crippen molar-refractivity contribution in [3.05, 3.63) is 142 Å². The Hall–Kier alpha value is -9.54. The number of carbonyl (C=O) groups excluding carboxylic acids is 7. The number of benzene rings is 4. The molecular weight excluding hydrogens is 1310 g/mol. The van der Waals surface area contributed by atoms with E-state index in [2.05, 4.69) is 41.9 Å². The van der Waals surface area contributed by atoms with Crippen LogP contribution in [0.2, 0.25) is 0 Å². The summed E-state index contributed by atoms with van der Waals surface area (Å²) in [6.45, 7) is 18.2. The highest BCUT2D eigenvalue weighted by molar-refractivity contribution is 6.62. The number of hydrogen-bond donors (Lipinski definition) is 4. The van der Waals surface area contributed by atoms with Gasteiger partial charge in [0.05, 0.1) is 119 Å². The summed E-state index contributed by atoms with van der Waals surface area (Å²) in [5, 5.41) is 27.1. The van der Waals surface area contributed by atoms with E-state index in [4.69, 9.17) is 70.7 Å². The van der Waals surface area contributed by atoms with E-state index in [0.29, 0.717) is 75.2 Å². The van der Waals surface area contributed by atoms with Crippen molar-refractivity contribution in [2.45, 2.75) is 144 Å². The Balaban J connectivity index is 0.909. The predicted molar refractivity (Wildman–Crippen MR) is 356 cm³/mol. The fraction of sp³-hybridized carbons (Fsp3) is 0.470. The fourth-order valence-corrected chi connectivity index (χ4v) is 9.26. The van der Waals surface area contributed by atoms with Gasteiger partial charge in [0, 0.05) is 36.5 Å². The van der Waals surface area contributed by atoms with Crippen LogP contribution in [-0.4, -0.2) is 176 Å². The second-order valence-corrected chi connectivity index (χ2v) is 24.7. The number of esters is 1. The number of carbonyl (C=O) groups is 7. The lowest BCUT2D eigenvalue weighted by molar-refractivity contribution is -0.180. The minimum atomic E-state index is -2.40. The molecular formula is C66H84B2N10O22. The van der Waals surface area contributed by atoms with Gasteiger partial charge in [0.25, 0.3) is 11.8 Å². The molecule has 0 aliphatic carbocycles. The van der Waals surface area contributed by atoms with E-state index < -0.39 is 98.4 Å². The van der Waals surface area contributed by atoms with Gasteiger partial charge in [0.1, 0.15) is 37.8 Å². The van der Waals surface area contributed by atoms with Gasteiger partial charge in [-0.3, -0.25) is 20.2 Å². The summed E-state index contributed by atoms with van der Waals surface area (Å²) in [6, 6.07) is 22.4. The molecule has 0 bridgehead atoms. The first-order valence-electron chi connectivity index (χ1n) is 32.1. The van der Waals surface area contributed by atoms with Crippen molar-refractivity contribution in [2.24, 2.45) is 0 Å². The summed E-state index contributed by atoms with van der Waals surface area (Å²) in [5.74, 6) is -2.51. The number of amides is 4. The van der Waals surface area contributed by atoms with Gasteiger partial charge in [0.15, 0.2) is 0 Å². The summed E-state index contributed by atoms with van der Waals surface area (Å²) >= 11 is 0. The topological polar surface area (TPSA) is 367 Å². The van der Waals surface area contributed by atoms with Crippen molar-refractivity contribution >= 4 is 78.8 Å². The molecule has 0 atom stereocenters. The Morgan fingerprint density at radius 1 is 0.490 bits per heavy atom. The van der Waals surface area contributed by atoms with Crippen molar-refractivity contribution < 1.29 is 104 Å². The Morgan fingerprint density at radius 2 is 0.880 bits per heavy atom. The van der Waals surface area contributed by atoms with E-state index in [-0.39, 0.29) is 66.5 Å². The number of nitrogens with one attached hydrogen (secondary N) is 4. The van der Waals surface area contributed by atoms with E-state index in [1.54, 1.807) is 84.5 Å². The first kappa shape index (κ1) is 76.2. The summed E-state index contributed by atoms with van der Waals surface area (Å²) in [6.07, 6.45) is -4.15. The molecule has 2 aliphatic heterocycles. The van der Waals surface area contributed by atoms with Crippen LogP contribution in [0.15, 0.2) is 97.3 Å². The molecule has 100 heavy (non-hydrogen) atoms. The number of anilines is 2. The zero-order valence-electron chi connectivity index (χ0n) is 57.7. The largest absolute Gasteiger partial charge is 0.512 e.